The predicted molar refractivity (Wildman–Crippen MR) is 118 cm³/mol. The summed E-state index contributed by atoms with van der Waals surface area (Å²) in [4.78, 5) is 12.2. The van der Waals surface area contributed by atoms with Gasteiger partial charge in [-0.2, -0.15) is 0 Å². The molecule has 0 spiro atoms. The number of hydrogen-bond donors (Lipinski definition) is 1. The number of amides is 1. The Morgan fingerprint density at radius 3 is 2.38 bits per heavy atom. The topological polar surface area (TPSA) is 38.3 Å². The van der Waals surface area contributed by atoms with E-state index < -0.39 is 6.09 Å². The van der Waals surface area contributed by atoms with E-state index in [1.54, 1.807) is 0 Å². The van der Waals surface area contributed by atoms with E-state index in [0.717, 1.165) is 11.1 Å². The summed E-state index contributed by atoms with van der Waals surface area (Å²) in [6.07, 6.45) is 3.42. The first kappa shape index (κ1) is 19.3. The van der Waals surface area contributed by atoms with Crippen molar-refractivity contribution in [3.8, 4) is 11.1 Å². The van der Waals surface area contributed by atoms with Crippen LogP contribution < -0.4 is 5.32 Å². The van der Waals surface area contributed by atoms with E-state index in [2.05, 4.69) is 29.6 Å². The summed E-state index contributed by atoms with van der Waals surface area (Å²) in [7, 11) is 0. The molecule has 0 bridgehead atoms. The highest BCUT2D eigenvalue weighted by atomic mass is 35.5. The van der Waals surface area contributed by atoms with Crippen LogP contribution >= 0.6 is 11.6 Å². The van der Waals surface area contributed by atoms with Crippen LogP contribution in [0, 0.1) is 6.92 Å². The van der Waals surface area contributed by atoms with Gasteiger partial charge in [-0.25, -0.2) is 4.79 Å². The summed E-state index contributed by atoms with van der Waals surface area (Å²) in [6.45, 7) is 2.73. The molecule has 4 heteroatoms. The van der Waals surface area contributed by atoms with Crippen LogP contribution in [0.5, 0.6) is 0 Å². The van der Waals surface area contributed by atoms with Gasteiger partial charge in [0.15, 0.2) is 0 Å². The number of halogens is 1. The van der Waals surface area contributed by atoms with Crippen LogP contribution in [0.25, 0.3) is 17.2 Å². The number of carbonyl (C=O) groups excluding carboxylic acids is 1. The van der Waals surface area contributed by atoms with Gasteiger partial charge < -0.3 is 10.1 Å². The second-order valence-corrected chi connectivity index (χ2v) is 7.55. The average molecular weight is 404 g/mol. The average Bonchev–Trinajstić information content (AvgIpc) is 3.06. The Morgan fingerprint density at radius 2 is 1.69 bits per heavy atom. The fourth-order valence-electron chi connectivity index (χ4n) is 3.77. The molecule has 146 valence electrons. The Hall–Kier alpha value is -3.04. The van der Waals surface area contributed by atoms with Crippen LogP contribution in [-0.2, 0) is 4.74 Å². The SMILES string of the molecule is Cc1ccc(Cl)cc1C=CCNC(=O)OCC1c2ccccc2-c2ccccc21. The Labute approximate surface area is 176 Å². The van der Waals surface area contributed by atoms with Crippen molar-refractivity contribution in [2.75, 3.05) is 13.2 Å². The zero-order valence-corrected chi connectivity index (χ0v) is 16.9. The van der Waals surface area contributed by atoms with Crippen LogP contribution in [0.1, 0.15) is 28.2 Å². The Bertz CT molecular complexity index is 1030. The van der Waals surface area contributed by atoms with Gasteiger partial charge in [-0.05, 0) is 52.4 Å². The van der Waals surface area contributed by atoms with E-state index in [0.29, 0.717) is 18.2 Å². The fraction of sp³-hybridized carbons (Fsp3) is 0.160. The number of aryl methyl sites for hydroxylation is 1. The number of nitrogens with one attached hydrogen (secondary N) is 1. The zero-order valence-electron chi connectivity index (χ0n) is 16.2. The minimum Gasteiger partial charge on any atom is -0.449 e. The third-order valence-electron chi connectivity index (χ3n) is 5.25. The second-order valence-electron chi connectivity index (χ2n) is 7.11. The third kappa shape index (κ3) is 4.20. The van der Waals surface area contributed by atoms with Gasteiger partial charge in [0.1, 0.15) is 6.61 Å². The molecule has 1 amide bonds. The van der Waals surface area contributed by atoms with Gasteiger partial charge >= 0.3 is 6.09 Å². The maximum Gasteiger partial charge on any atom is 0.407 e. The molecular weight excluding hydrogens is 382 g/mol. The summed E-state index contributed by atoms with van der Waals surface area (Å²) in [5, 5.41) is 3.47. The lowest BCUT2D eigenvalue weighted by molar-refractivity contribution is 0.144. The van der Waals surface area contributed by atoms with E-state index >= 15 is 0 Å². The third-order valence-corrected chi connectivity index (χ3v) is 5.48. The van der Waals surface area contributed by atoms with Crippen molar-refractivity contribution in [1.82, 2.24) is 5.32 Å². The molecular formula is C25H22ClNO2. The first-order valence-corrected chi connectivity index (χ1v) is 10.0. The fourth-order valence-corrected chi connectivity index (χ4v) is 3.95. The molecule has 1 N–H and O–H groups in total. The van der Waals surface area contributed by atoms with E-state index in [1.807, 2.05) is 61.5 Å². The highest BCUT2D eigenvalue weighted by Gasteiger charge is 2.28. The van der Waals surface area contributed by atoms with Crippen LogP contribution in [0.2, 0.25) is 5.02 Å². The van der Waals surface area contributed by atoms with Crippen molar-refractivity contribution in [3.05, 3.63) is 100 Å². The Morgan fingerprint density at radius 1 is 1.03 bits per heavy atom. The number of rotatable bonds is 5. The van der Waals surface area contributed by atoms with Gasteiger partial charge in [0.25, 0.3) is 0 Å². The molecule has 1 aliphatic rings. The second kappa shape index (κ2) is 8.54. The lowest BCUT2D eigenvalue weighted by Gasteiger charge is -2.14. The van der Waals surface area contributed by atoms with Gasteiger partial charge in [-0.15, -0.1) is 0 Å². The van der Waals surface area contributed by atoms with Gasteiger partial charge in [-0.1, -0.05) is 78.4 Å². The van der Waals surface area contributed by atoms with Crippen LogP contribution in [0.15, 0.2) is 72.8 Å². The molecule has 0 atom stereocenters. The van der Waals surface area contributed by atoms with E-state index in [-0.39, 0.29) is 5.92 Å². The molecule has 0 fully saturated rings. The number of fused-ring (bicyclic) bond motifs is 3. The lowest BCUT2D eigenvalue weighted by atomic mass is 9.98. The monoisotopic (exact) mass is 403 g/mol. The lowest BCUT2D eigenvalue weighted by Crippen LogP contribution is -2.26. The van der Waals surface area contributed by atoms with Crippen molar-refractivity contribution < 1.29 is 9.53 Å². The number of benzene rings is 3. The van der Waals surface area contributed by atoms with Crippen molar-refractivity contribution >= 4 is 23.8 Å². The number of hydrogen-bond acceptors (Lipinski definition) is 2. The molecule has 0 unspecified atom stereocenters. The molecule has 1 aliphatic carbocycles. The summed E-state index contributed by atoms with van der Waals surface area (Å²) >= 11 is 6.03. The van der Waals surface area contributed by atoms with E-state index in [1.165, 1.54) is 22.3 Å². The molecule has 3 aromatic carbocycles. The highest BCUT2D eigenvalue weighted by molar-refractivity contribution is 6.30. The highest BCUT2D eigenvalue weighted by Crippen LogP contribution is 2.44. The standard InChI is InChI=1S/C25H22ClNO2/c1-17-12-13-19(26)15-18(17)7-6-14-27-25(28)29-16-24-22-10-4-2-8-20(22)21-9-3-5-11-23(21)24/h2-13,15,24H,14,16H2,1H3,(H,27,28). The van der Waals surface area contributed by atoms with E-state index in [4.69, 9.17) is 16.3 Å². The normalized spacial score (nSPS) is 12.6. The molecule has 0 saturated carbocycles. The maximum atomic E-state index is 12.2. The molecule has 0 radical (unpaired) electrons. The van der Waals surface area contributed by atoms with Crippen LogP contribution in [0.4, 0.5) is 4.79 Å². The first-order chi connectivity index (χ1) is 14.1. The van der Waals surface area contributed by atoms with Gasteiger partial charge in [0.2, 0.25) is 0 Å². The maximum absolute atomic E-state index is 12.2. The molecule has 4 rings (SSSR count). The quantitative estimate of drug-likeness (QED) is 0.550. The van der Waals surface area contributed by atoms with Crippen LogP contribution in [0.3, 0.4) is 0 Å². The summed E-state index contributed by atoms with van der Waals surface area (Å²) in [6, 6.07) is 22.3. The first-order valence-electron chi connectivity index (χ1n) is 9.65. The Balaban J connectivity index is 1.34. The molecule has 29 heavy (non-hydrogen) atoms. The van der Waals surface area contributed by atoms with Crippen molar-refractivity contribution in [1.29, 1.82) is 0 Å². The number of carbonyl (C=O) groups is 1. The molecule has 0 aromatic heterocycles. The summed E-state index contributed by atoms with van der Waals surface area (Å²) in [5.41, 5.74) is 7.02. The molecule has 3 aromatic rings. The van der Waals surface area contributed by atoms with Crippen molar-refractivity contribution in [2.24, 2.45) is 0 Å². The minimum absolute atomic E-state index is 0.0674. The number of alkyl carbamates (subject to hydrolysis) is 1. The van der Waals surface area contributed by atoms with Gasteiger partial charge in [0, 0.05) is 17.5 Å². The van der Waals surface area contributed by atoms with Crippen molar-refractivity contribution in [2.45, 2.75) is 12.8 Å². The Kier molecular flexibility index (Phi) is 5.68. The molecule has 0 saturated heterocycles. The van der Waals surface area contributed by atoms with Gasteiger partial charge in [0.05, 0.1) is 0 Å². The van der Waals surface area contributed by atoms with E-state index in [9.17, 15) is 4.79 Å². The van der Waals surface area contributed by atoms with Gasteiger partial charge in [-0.3, -0.25) is 0 Å². The van der Waals surface area contributed by atoms with Crippen LogP contribution in [-0.4, -0.2) is 19.2 Å². The summed E-state index contributed by atoms with van der Waals surface area (Å²) in [5.74, 6) is 0.0674. The van der Waals surface area contributed by atoms with Crippen molar-refractivity contribution in [3.63, 3.8) is 0 Å². The summed E-state index contributed by atoms with van der Waals surface area (Å²) < 4.78 is 5.53. The smallest absolute Gasteiger partial charge is 0.407 e. The zero-order chi connectivity index (χ0) is 20.2. The minimum atomic E-state index is -0.417. The molecule has 0 aliphatic heterocycles. The molecule has 0 heterocycles. The number of ether oxygens (including phenoxy) is 1. The largest absolute Gasteiger partial charge is 0.449 e. The predicted octanol–water partition coefficient (Wildman–Crippen LogP) is 6.20. The molecule has 3 nitrogen and oxygen atoms in total.